The van der Waals surface area contributed by atoms with Crippen LogP contribution in [0.15, 0.2) is 0 Å². The molecule has 1 aliphatic heterocycles. The number of rotatable bonds is 5. The molecule has 3 nitrogen and oxygen atoms in total. The molecular formula is C13H26N2O. The quantitative estimate of drug-likeness (QED) is 0.768. The first-order chi connectivity index (χ1) is 7.79. The van der Waals surface area contributed by atoms with Crippen molar-refractivity contribution >= 4 is 0 Å². The third-order valence-electron chi connectivity index (χ3n) is 3.67. The standard InChI is InChI=1S/C13H26N2O/c1-3-16-11(2)9-15-8-4-7-14-13(10-15)12-5-6-12/h11-14H,3-10H2,1-2H3. The van der Waals surface area contributed by atoms with Crippen LogP contribution >= 0.6 is 0 Å². The van der Waals surface area contributed by atoms with Crippen LogP contribution in [0.4, 0.5) is 0 Å². The van der Waals surface area contributed by atoms with Gasteiger partial charge in [0, 0.05) is 25.7 Å². The first-order valence-electron chi connectivity index (χ1n) is 6.87. The largest absolute Gasteiger partial charge is 0.377 e. The first-order valence-corrected chi connectivity index (χ1v) is 6.87. The van der Waals surface area contributed by atoms with Gasteiger partial charge in [0.05, 0.1) is 6.10 Å². The molecule has 2 aliphatic rings. The predicted octanol–water partition coefficient (Wildman–Crippen LogP) is 1.49. The molecule has 1 saturated heterocycles. The number of nitrogens with zero attached hydrogens (tertiary/aromatic N) is 1. The van der Waals surface area contributed by atoms with Crippen LogP contribution in [0.3, 0.4) is 0 Å². The van der Waals surface area contributed by atoms with E-state index in [2.05, 4.69) is 24.1 Å². The van der Waals surface area contributed by atoms with E-state index >= 15 is 0 Å². The SMILES string of the molecule is CCOC(C)CN1CCCNC(C2CC2)C1. The first kappa shape index (κ1) is 12.3. The lowest BCUT2D eigenvalue weighted by molar-refractivity contribution is 0.0448. The summed E-state index contributed by atoms with van der Waals surface area (Å²) in [5.41, 5.74) is 0. The van der Waals surface area contributed by atoms with E-state index in [0.29, 0.717) is 6.10 Å². The third-order valence-corrected chi connectivity index (χ3v) is 3.67. The zero-order valence-electron chi connectivity index (χ0n) is 10.7. The molecule has 0 aromatic carbocycles. The molecule has 94 valence electrons. The molecule has 0 amide bonds. The van der Waals surface area contributed by atoms with E-state index < -0.39 is 0 Å². The van der Waals surface area contributed by atoms with Gasteiger partial charge in [-0.3, -0.25) is 4.90 Å². The zero-order chi connectivity index (χ0) is 11.4. The van der Waals surface area contributed by atoms with Crippen molar-refractivity contribution in [2.75, 3.05) is 32.8 Å². The van der Waals surface area contributed by atoms with Gasteiger partial charge >= 0.3 is 0 Å². The Labute approximate surface area is 99.5 Å². The lowest BCUT2D eigenvalue weighted by Gasteiger charge is -2.26. The minimum absolute atomic E-state index is 0.378. The minimum Gasteiger partial charge on any atom is -0.377 e. The molecule has 0 aromatic heterocycles. The summed E-state index contributed by atoms with van der Waals surface area (Å²) in [5.74, 6) is 0.961. The van der Waals surface area contributed by atoms with Crippen molar-refractivity contribution < 1.29 is 4.74 Å². The second-order valence-corrected chi connectivity index (χ2v) is 5.28. The topological polar surface area (TPSA) is 24.5 Å². The zero-order valence-corrected chi connectivity index (χ0v) is 10.7. The molecule has 2 unspecified atom stereocenters. The Balaban J connectivity index is 1.77. The summed E-state index contributed by atoms with van der Waals surface area (Å²) in [6.45, 7) is 9.84. The fourth-order valence-corrected chi connectivity index (χ4v) is 2.71. The molecule has 2 fully saturated rings. The highest BCUT2D eigenvalue weighted by molar-refractivity contribution is 4.90. The van der Waals surface area contributed by atoms with Gasteiger partial charge in [-0.05, 0) is 52.1 Å². The fourth-order valence-electron chi connectivity index (χ4n) is 2.71. The molecule has 0 radical (unpaired) electrons. The Kier molecular flexibility index (Phi) is 4.62. The highest BCUT2D eigenvalue weighted by Gasteiger charge is 2.33. The van der Waals surface area contributed by atoms with Crippen molar-refractivity contribution in [1.82, 2.24) is 10.2 Å². The lowest BCUT2D eigenvalue weighted by Crippen LogP contribution is -2.41. The van der Waals surface area contributed by atoms with Crippen LogP contribution in [0.5, 0.6) is 0 Å². The maximum absolute atomic E-state index is 5.63. The Morgan fingerprint density at radius 3 is 2.94 bits per heavy atom. The van der Waals surface area contributed by atoms with E-state index in [1.165, 1.54) is 38.9 Å². The van der Waals surface area contributed by atoms with E-state index in [0.717, 1.165) is 25.1 Å². The Morgan fingerprint density at radius 1 is 1.44 bits per heavy atom. The smallest absolute Gasteiger partial charge is 0.0673 e. The van der Waals surface area contributed by atoms with Gasteiger partial charge in [-0.25, -0.2) is 0 Å². The molecular weight excluding hydrogens is 200 g/mol. The average molecular weight is 226 g/mol. The summed E-state index contributed by atoms with van der Waals surface area (Å²) >= 11 is 0. The van der Waals surface area contributed by atoms with Crippen molar-refractivity contribution in [3.8, 4) is 0 Å². The van der Waals surface area contributed by atoms with Crippen molar-refractivity contribution in [2.45, 2.75) is 45.3 Å². The Hall–Kier alpha value is -0.120. The maximum Gasteiger partial charge on any atom is 0.0673 e. The summed E-state index contributed by atoms with van der Waals surface area (Å²) in [6.07, 6.45) is 4.53. The number of nitrogens with one attached hydrogen (secondary N) is 1. The van der Waals surface area contributed by atoms with Gasteiger partial charge in [-0.1, -0.05) is 0 Å². The van der Waals surface area contributed by atoms with E-state index in [9.17, 15) is 0 Å². The molecule has 0 aromatic rings. The van der Waals surface area contributed by atoms with Crippen LogP contribution in [0.25, 0.3) is 0 Å². The molecule has 1 heterocycles. The Morgan fingerprint density at radius 2 is 2.25 bits per heavy atom. The van der Waals surface area contributed by atoms with E-state index in [-0.39, 0.29) is 0 Å². The summed E-state index contributed by atoms with van der Waals surface area (Å²) in [6, 6.07) is 0.747. The summed E-state index contributed by atoms with van der Waals surface area (Å²) < 4.78 is 5.63. The molecule has 2 rings (SSSR count). The highest BCUT2D eigenvalue weighted by Crippen LogP contribution is 2.33. The molecule has 0 spiro atoms. The van der Waals surface area contributed by atoms with Gasteiger partial charge in [0.15, 0.2) is 0 Å². The van der Waals surface area contributed by atoms with Crippen molar-refractivity contribution in [3.05, 3.63) is 0 Å². The molecule has 0 bridgehead atoms. The van der Waals surface area contributed by atoms with Crippen LogP contribution < -0.4 is 5.32 Å². The highest BCUT2D eigenvalue weighted by atomic mass is 16.5. The van der Waals surface area contributed by atoms with Crippen LogP contribution in [0.1, 0.15) is 33.1 Å². The normalized spacial score (nSPS) is 30.0. The minimum atomic E-state index is 0.378. The van der Waals surface area contributed by atoms with Gasteiger partial charge in [0.25, 0.3) is 0 Å². The molecule has 16 heavy (non-hydrogen) atoms. The second kappa shape index (κ2) is 5.99. The second-order valence-electron chi connectivity index (χ2n) is 5.28. The molecule has 2 atom stereocenters. The number of ether oxygens (including phenoxy) is 1. The van der Waals surface area contributed by atoms with Crippen molar-refractivity contribution in [1.29, 1.82) is 0 Å². The number of hydrogen-bond acceptors (Lipinski definition) is 3. The summed E-state index contributed by atoms with van der Waals surface area (Å²) in [5, 5.41) is 3.70. The van der Waals surface area contributed by atoms with Crippen LogP contribution in [0, 0.1) is 5.92 Å². The van der Waals surface area contributed by atoms with Crippen LogP contribution in [-0.4, -0.2) is 49.8 Å². The monoisotopic (exact) mass is 226 g/mol. The summed E-state index contributed by atoms with van der Waals surface area (Å²) in [4.78, 5) is 2.59. The average Bonchev–Trinajstić information content (AvgIpc) is 3.03. The van der Waals surface area contributed by atoms with Crippen molar-refractivity contribution in [2.24, 2.45) is 5.92 Å². The molecule has 1 N–H and O–H groups in total. The van der Waals surface area contributed by atoms with Gasteiger partial charge in [-0.2, -0.15) is 0 Å². The molecule has 1 saturated carbocycles. The van der Waals surface area contributed by atoms with E-state index in [1.54, 1.807) is 0 Å². The van der Waals surface area contributed by atoms with E-state index in [4.69, 9.17) is 4.74 Å². The number of hydrogen-bond donors (Lipinski definition) is 1. The van der Waals surface area contributed by atoms with Gasteiger partial charge in [-0.15, -0.1) is 0 Å². The van der Waals surface area contributed by atoms with Crippen molar-refractivity contribution in [3.63, 3.8) is 0 Å². The maximum atomic E-state index is 5.63. The molecule has 3 heteroatoms. The van der Waals surface area contributed by atoms with Crippen LogP contribution in [0.2, 0.25) is 0 Å². The van der Waals surface area contributed by atoms with Gasteiger partial charge in [0.1, 0.15) is 0 Å². The van der Waals surface area contributed by atoms with Gasteiger partial charge in [0.2, 0.25) is 0 Å². The Bertz CT molecular complexity index is 206. The fraction of sp³-hybridized carbons (Fsp3) is 1.00. The molecule has 1 aliphatic carbocycles. The van der Waals surface area contributed by atoms with E-state index in [1.807, 2.05) is 0 Å². The van der Waals surface area contributed by atoms with Crippen LogP contribution in [-0.2, 0) is 4.74 Å². The lowest BCUT2D eigenvalue weighted by atomic mass is 10.2. The predicted molar refractivity (Wildman–Crippen MR) is 66.7 cm³/mol. The summed E-state index contributed by atoms with van der Waals surface area (Å²) in [7, 11) is 0. The third kappa shape index (κ3) is 3.72. The van der Waals surface area contributed by atoms with Gasteiger partial charge < -0.3 is 10.1 Å².